The molecule has 3 N–H and O–H groups in total. The SMILES string of the molecule is Nc1cc(Br)ccc1S(=O)(=O)Nc1ccccn1. The van der Waals surface area contributed by atoms with Crippen molar-refractivity contribution in [2.75, 3.05) is 10.5 Å². The fourth-order valence-electron chi connectivity index (χ4n) is 1.38. The van der Waals surface area contributed by atoms with E-state index in [-0.39, 0.29) is 16.4 Å². The molecule has 2 aromatic rings. The third kappa shape index (κ3) is 2.80. The molecule has 0 aliphatic rings. The molecule has 94 valence electrons. The van der Waals surface area contributed by atoms with Gasteiger partial charge in [0, 0.05) is 10.7 Å². The lowest BCUT2D eigenvalue weighted by molar-refractivity contribution is 0.601. The summed E-state index contributed by atoms with van der Waals surface area (Å²) in [5.74, 6) is 0.250. The molecule has 0 radical (unpaired) electrons. The zero-order valence-corrected chi connectivity index (χ0v) is 11.6. The Morgan fingerprint density at radius 2 is 2.00 bits per heavy atom. The van der Waals surface area contributed by atoms with Crippen molar-refractivity contribution >= 4 is 37.5 Å². The lowest BCUT2D eigenvalue weighted by Crippen LogP contribution is -2.15. The highest BCUT2D eigenvalue weighted by Gasteiger charge is 2.17. The van der Waals surface area contributed by atoms with Crippen molar-refractivity contribution < 1.29 is 8.42 Å². The van der Waals surface area contributed by atoms with E-state index in [2.05, 4.69) is 25.6 Å². The Bertz CT molecular complexity index is 659. The maximum absolute atomic E-state index is 12.1. The first-order chi connectivity index (χ1) is 8.49. The smallest absolute Gasteiger partial charge is 0.265 e. The molecule has 5 nitrogen and oxygen atoms in total. The molecule has 1 aromatic heterocycles. The summed E-state index contributed by atoms with van der Waals surface area (Å²) in [7, 11) is -3.72. The number of sulfonamides is 1. The molecule has 7 heteroatoms. The fraction of sp³-hybridized carbons (Fsp3) is 0. The predicted octanol–water partition coefficient (Wildman–Crippen LogP) is 2.23. The molecule has 18 heavy (non-hydrogen) atoms. The molecule has 0 unspecified atom stereocenters. The highest BCUT2D eigenvalue weighted by molar-refractivity contribution is 9.10. The van der Waals surface area contributed by atoms with Crippen molar-refractivity contribution in [2.45, 2.75) is 4.90 Å². The van der Waals surface area contributed by atoms with Gasteiger partial charge in [-0.05, 0) is 30.3 Å². The first-order valence-corrected chi connectivity index (χ1v) is 7.25. The molecular weight excluding hydrogens is 318 g/mol. The summed E-state index contributed by atoms with van der Waals surface area (Å²) in [6.45, 7) is 0. The van der Waals surface area contributed by atoms with Crippen molar-refractivity contribution in [3.63, 3.8) is 0 Å². The quantitative estimate of drug-likeness (QED) is 0.846. The summed E-state index contributed by atoms with van der Waals surface area (Å²) in [5, 5.41) is 0. The summed E-state index contributed by atoms with van der Waals surface area (Å²) < 4.78 is 27.3. The Labute approximate surface area is 113 Å². The van der Waals surface area contributed by atoms with E-state index >= 15 is 0 Å². The van der Waals surface area contributed by atoms with E-state index in [1.807, 2.05) is 0 Å². The topological polar surface area (TPSA) is 85.1 Å². The van der Waals surface area contributed by atoms with Crippen molar-refractivity contribution in [2.24, 2.45) is 0 Å². The minimum absolute atomic E-state index is 0.0244. The number of nitrogens with one attached hydrogen (secondary N) is 1. The first kappa shape index (κ1) is 12.8. The Kier molecular flexibility index (Phi) is 3.53. The zero-order valence-electron chi connectivity index (χ0n) is 9.17. The number of benzene rings is 1. The van der Waals surface area contributed by atoms with Crippen LogP contribution in [0.2, 0.25) is 0 Å². The summed E-state index contributed by atoms with van der Waals surface area (Å²) in [5.41, 5.74) is 5.87. The minimum Gasteiger partial charge on any atom is -0.398 e. The highest BCUT2D eigenvalue weighted by Crippen LogP contribution is 2.24. The van der Waals surface area contributed by atoms with Gasteiger partial charge in [0.05, 0.1) is 5.69 Å². The van der Waals surface area contributed by atoms with Gasteiger partial charge >= 0.3 is 0 Å². The number of aromatic nitrogens is 1. The number of nitrogens with two attached hydrogens (primary N) is 1. The van der Waals surface area contributed by atoms with Crippen molar-refractivity contribution in [1.82, 2.24) is 4.98 Å². The van der Waals surface area contributed by atoms with Crippen LogP contribution >= 0.6 is 15.9 Å². The van der Waals surface area contributed by atoms with Gasteiger partial charge in [-0.1, -0.05) is 22.0 Å². The van der Waals surface area contributed by atoms with Crippen LogP contribution in [0.25, 0.3) is 0 Å². The third-order valence-corrected chi connectivity index (χ3v) is 4.09. The van der Waals surface area contributed by atoms with Crippen LogP contribution < -0.4 is 10.5 Å². The molecule has 0 saturated heterocycles. The van der Waals surface area contributed by atoms with Crippen LogP contribution in [0.1, 0.15) is 0 Å². The molecule has 0 fully saturated rings. The van der Waals surface area contributed by atoms with E-state index in [1.165, 1.54) is 18.3 Å². The first-order valence-electron chi connectivity index (χ1n) is 4.98. The number of hydrogen-bond acceptors (Lipinski definition) is 4. The number of pyridine rings is 1. The zero-order chi connectivity index (χ0) is 13.2. The van der Waals surface area contributed by atoms with Crippen molar-refractivity contribution in [3.05, 3.63) is 47.1 Å². The van der Waals surface area contributed by atoms with Gasteiger partial charge in [-0.25, -0.2) is 13.4 Å². The van der Waals surface area contributed by atoms with Gasteiger partial charge in [-0.2, -0.15) is 0 Å². The number of anilines is 2. The largest absolute Gasteiger partial charge is 0.398 e. The molecule has 0 saturated carbocycles. The average molecular weight is 328 g/mol. The number of hydrogen-bond donors (Lipinski definition) is 2. The summed E-state index contributed by atoms with van der Waals surface area (Å²) in [6, 6.07) is 9.54. The molecule has 0 amide bonds. The molecule has 0 aliphatic heterocycles. The number of nitrogens with zero attached hydrogens (tertiary/aromatic N) is 1. The number of nitrogen functional groups attached to an aromatic ring is 1. The van der Waals surface area contributed by atoms with Crippen LogP contribution in [0.15, 0.2) is 52.0 Å². The lowest BCUT2D eigenvalue weighted by Gasteiger charge is -2.09. The van der Waals surface area contributed by atoms with E-state index < -0.39 is 10.0 Å². The lowest BCUT2D eigenvalue weighted by atomic mass is 10.3. The second kappa shape index (κ2) is 4.95. The van der Waals surface area contributed by atoms with E-state index in [0.717, 1.165) is 4.47 Å². The van der Waals surface area contributed by atoms with Gasteiger partial charge < -0.3 is 5.73 Å². The van der Waals surface area contributed by atoms with E-state index in [1.54, 1.807) is 24.3 Å². The van der Waals surface area contributed by atoms with Crippen molar-refractivity contribution in [3.8, 4) is 0 Å². The van der Waals surface area contributed by atoms with Gasteiger partial charge in [-0.15, -0.1) is 0 Å². The van der Waals surface area contributed by atoms with Gasteiger partial charge in [0.1, 0.15) is 10.7 Å². The highest BCUT2D eigenvalue weighted by atomic mass is 79.9. The molecule has 0 spiro atoms. The van der Waals surface area contributed by atoms with Gasteiger partial charge in [0.2, 0.25) is 0 Å². The second-order valence-electron chi connectivity index (χ2n) is 3.50. The Morgan fingerprint density at radius 3 is 2.61 bits per heavy atom. The number of rotatable bonds is 3. The molecule has 0 aliphatic carbocycles. The second-order valence-corrected chi connectivity index (χ2v) is 6.07. The molecular formula is C11H10BrN3O2S. The maximum atomic E-state index is 12.1. The van der Waals surface area contributed by atoms with Crippen molar-refractivity contribution in [1.29, 1.82) is 0 Å². The van der Waals surface area contributed by atoms with Crippen LogP contribution in [-0.4, -0.2) is 13.4 Å². The van der Waals surface area contributed by atoms with Crippen LogP contribution in [0.4, 0.5) is 11.5 Å². The van der Waals surface area contributed by atoms with Crippen LogP contribution in [0, 0.1) is 0 Å². The van der Waals surface area contributed by atoms with Crippen LogP contribution in [0.3, 0.4) is 0 Å². The normalized spacial score (nSPS) is 11.2. The molecule has 0 atom stereocenters. The molecule has 2 rings (SSSR count). The summed E-state index contributed by atoms with van der Waals surface area (Å²) in [6.07, 6.45) is 1.50. The Balaban J connectivity index is 2.37. The van der Waals surface area contributed by atoms with Gasteiger partial charge in [-0.3, -0.25) is 4.72 Å². The van der Waals surface area contributed by atoms with E-state index in [0.29, 0.717) is 0 Å². The molecule has 1 aromatic carbocycles. The van der Waals surface area contributed by atoms with Gasteiger partial charge in [0.15, 0.2) is 0 Å². The third-order valence-electron chi connectivity index (χ3n) is 2.17. The number of halogens is 1. The minimum atomic E-state index is -3.72. The predicted molar refractivity (Wildman–Crippen MR) is 73.6 cm³/mol. The average Bonchev–Trinajstić information content (AvgIpc) is 2.29. The van der Waals surface area contributed by atoms with Crippen LogP contribution in [-0.2, 0) is 10.0 Å². The van der Waals surface area contributed by atoms with E-state index in [4.69, 9.17) is 5.73 Å². The summed E-state index contributed by atoms with van der Waals surface area (Å²) in [4.78, 5) is 3.92. The Hall–Kier alpha value is -1.60. The fourth-order valence-corrected chi connectivity index (χ4v) is 2.88. The maximum Gasteiger partial charge on any atom is 0.265 e. The molecule has 1 heterocycles. The standard InChI is InChI=1S/C11H10BrN3O2S/c12-8-4-5-10(9(13)7-8)18(16,17)15-11-3-1-2-6-14-11/h1-7H,13H2,(H,14,15). The van der Waals surface area contributed by atoms with Crippen LogP contribution in [0.5, 0.6) is 0 Å². The van der Waals surface area contributed by atoms with E-state index in [9.17, 15) is 8.42 Å². The molecule has 0 bridgehead atoms. The Morgan fingerprint density at radius 1 is 1.22 bits per heavy atom. The van der Waals surface area contributed by atoms with Gasteiger partial charge in [0.25, 0.3) is 10.0 Å². The summed E-state index contributed by atoms with van der Waals surface area (Å²) >= 11 is 3.22. The monoisotopic (exact) mass is 327 g/mol.